The zero-order chi connectivity index (χ0) is 14.7. The van der Waals surface area contributed by atoms with Crippen molar-refractivity contribution in [1.82, 2.24) is 4.90 Å². The zero-order valence-corrected chi connectivity index (χ0v) is 11.5. The molecule has 0 spiro atoms. The second-order valence-electron chi connectivity index (χ2n) is 4.85. The average Bonchev–Trinajstić information content (AvgIpc) is 2.92. The van der Waals surface area contributed by atoms with Gasteiger partial charge in [0.05, 0.1) is 13.0 Å². The summed E-state index contributed by atoms with van der Waals surface area (Å²) in [5, 5.41) is 2.75. The fourth-order valence-electron chi connectivity index (χ4n) is 2.24. The summed E-state index contributed by atoms with van der Waals surface area (Å²) in [5.74, 6) is -0.734. The maximum Gasteiger partial charge on any atom is 0.409 e. The van der Waals surface area contributed by atoms with Gasteiger partial charge in [0.25, 0.3) is 0 Å². The molecular formula is C14H17FN2O3. The fourth-order valence-corrected chi connectivity index (χ4v) is 2.24. The Kier molecular flexibility index (Phi) is 4.22. The molecule has 1 heterocycles. The molecule has 0 aliphatic carbocycles. The first kappa shape index (κ1) is 14.3. The largest absolute Gasteiger partial charge is 0.453 e. The Labute approximate surface area is 116 Å². The van der Waals surface area contributed by atoms with Crippen LogP contribution in [-0.2, 0) is 9.53 Å². The van der Waals surface area contributed by atoms with Crippen molar-refractivity contribution in [2.24, 2.45) is 5.92 Å². The number of carbonyl (C=O) groups is 2. The van der Waals surface area contributed by atoms with Crippen LogP contribution in [0.3, 0.4) is 0 Å². The topological polar surface area (TPSA) is 58.6 Å². The second kappa shape index (κ2) is 5.90. The zero-order valence-electron chi connectivity index (χ0n) is 11.5. The predicted molar refractivity (Wildman–Crippen MR) is 71.9 cm³/mol. The summed E-state index contributed by atoms with van der Waals surface area (Å²) in [6.45, 7) is 2.49. The van der Waals surface area contributed by atoms with Crippen LogP contribution in [-0.4, -0.2) is 37.1 Å². The molecule has 1 fully saturated rings. The van der Waals surface area contributed by atoms with Crippen LogP contribution in [0.25, 0.3) is 0 Å². The van der Waals surface area contributed by atoms with Gasteiger partial charge in [-0.3, -0.25) is 4.79 Å². The van der Waals surface area contributed by atoms with E-state index in [2.05, 4.69) is 10.1 Å². The lowest BCUT2D eigenvalue weighted by Gasteiger charge is -2.14. The summed E-state index contributed by atoms with van der Waals surface area (Å²) in [7, 11) is 1.32. The number of amides is 2. The van der Waals surface area contributed by atoms with Crippen LogP contribution in [0.5, 0.6) is 0 Å². The number of methoxy groups -OCH3 is 1. The van der Waals surface area contributed by atoms with Gasteiger partial charge in [-0.2, -0.15) is 0 Å². The van der Waals surface area contributed by atoms with Crippen LogP contribution in [0.1, 0.15) is 12.0 Å². The molecule has 1 aromatic carbocycles. The van der Waals surface area contributed by atoms with E-state index in [1.807, 2.05) is 0 Å². The van der Waals surface area contributed by atoms with Crippen molar-refractivity contribution in [1.29, 1.82) is 0 Å². The quantitative estimate of drug-likeness (QED) is 0.903. The molecule has 1 aromatic rings. The van der Waals surface area contributed by atoms with Crippen molar-refractivity contribution < 1.29 is 18.7 Å². The van der Waals surface area contributed by atoms with Gasteiger partial charge in [0.2, 0.25) is 5.91 Å². The normalized spacial score (nSPS) is 17.9. The van der Waals surface area contributed by atoms with Gasteiger partial charge in [-0.15, -0.1) is 0 Å². The Morgan fingerprint density at radius 2 is 2.20 bits per heavy atom. The number of aryl methyl sites for hydroxylation is 1. The van der Waals surface area contributed by atoms with Crippen LogP contribution < -0.4 is 5.32 Å². The fraction of sp³-hybridized carbons (Fsp3) is 0.429. The summed E-state index contributed by atoms with van der Waals surface area (Å²) in [6, 6.07) is 4.42. The molecule has 108 valence electrons. The molecule has 2 amide bonds. The van der Waals surface area contributed by atoms with E-state index in [1.165, 1.54) is 24.1 Å². The number of likely N-dealkylation sites (tertiary alicyclic amines) is 1. The number of ether oxygens (including phenoxy) is 1. The minimum Gasteiger partial charge on any atom is -0.453 e. The summed E-state index contributed by atoms with van der Waals surface area (Å²) in [6.07, 6.45) is 0.180. The van der Waals surface area contributed by atoms with Crippen LogP contribution in [0.15, 0.2) is 18.2 Å². The van der Waals surface area contributed by atoms with Crippen molar-refractivity contribution in [3.63, 3.8) is 0 Å². The first-order chi connectivity index (χ1) is 9.51. The number of nitrogens with zero attached hydrogens (tertiary/aromatic N) is 1. The van der Waals surface area contributed by atoms with Crippen molar-refractivity contribution in [2.75, 3.05) is 25.5 Å². The number of anilines is 1. The van der Waals surface area contributed by atoms with Crippen LogP contribution in [0.2, 0.25) is 0 Å². The third-order valence-electron chi connectivity index (χ3n) is 3.42. The molecule has 1 aliphatic rings. The van der Waals surface area contributed by atoms with Crippen molar-refractivity contribution in [2.45, 2.75) is 13.3 Å². The average molecular weight is 280 g/mol. The minimum atomic E-state index is -0.419. The highest BCUT2D eigenvalue weighted by atomic mass is 19.1. The molecule has 6 heteroatoms. The van der Waals surface area contributed by atoms with E-state index in [-0.39, 0.29) is 17.6 Å². The molecule has 0 aromatic heterocycles. The molecule has 1 saturated heterocycles. The van der Waals surface area contributed by atoms with Crippen LogP contribution >= 0.6 is 0 Å². The van der Waals surface area contributed by atoms with Gasteiger partial charge in [-0.25, -0.2) is 9.18 Å². The van der Waals surface area contributed by atoms with Gasteiger partial charge in [0.15, 0.2) is 0 Å². The Hall–Kier alpha value is -2.11. The first-order valence-electron chi connectivity index (χ1n) is 6.41. The molecule has 1 N–H and O–H groups in total. The van der Waals surface area contributed by atoms with Gasteiger partial charge in [-0.05, 0) is 37.1 Å². The highest BCUT2D eigenvalue weighted by Crippen LogP contribution is 2.20. The number of halogens is 1. The maximum absolute atomic E-state index is 13.1. The van der Waals surface area contributed by atoms with E-state index in [1.54, 1.807) is 13.0 Å². The molecule has 5 nitrogen and oxygen atoms in total. The van der Waals surface area contributed by atoms with Crippen molar-refractivity contribution >= 4 is 17.7 Å². The van der Waals surface area contributed by atoms with Crippen molar-refractivity contribution in [3.05, 3.63) is 29.6 Å². The number of hydrogen-bond acceptors (Lipinski definition) is 3. The number of nitrogens with one attached hydrogen (secondary N) is 1. The molecular weight excluding hydrogens is 263 g/mol. The van der Waals surface area contributed by atoms with Crippen LogP contribution in [0, 0.1) is 18.7 Å². The number of rotatable bonds is 2. The summed E-state index contributed by atoms with van der Waals surface area (Å²) in [4.78, 5) is 24.9. The Morgan fingerprint density at radius 3 is 2.85 bits per heavy atom. The number of benzene rings is 1. The maximum atomic E-state index is 13.1. The highest BCUT2D eigenvalue weighted by Gasteiger charge is 2.31. The van der Waals surface area contributed by atoms with Gasteiger partial charge < -0.3 is 15.0 Å². The molecule has 0 unspecified atom stereocenters. The van der Waals surface area contributed by atoms with Gasteiger partial charge in [0.1, 0.15) is 5.82 Å². The number of carbonyl (C=O) groups excluding carboxylic acids is 2. The molecule has 0 saturated carbocycles. The lowest BCUT2D eigenvalue weighted by atomic mass is 10.1. The van der Waals surface area contributed by atoms with E-state index in [4.69, 9.17) is 0 Å². The van der Waals surface area contributed by atoms with E-state index in [0.29, 0.717) is 30.8 Å². The van der Waals surface area contributed by atoms with Gasteiger partial charge in [-0.1, -0.05) is 0 Å². The smallest absolute Gasteiger partial charge is 0.409 e. The Morgan fingerprint density at radius 1 is 1.45 bits per heavy atom. The second-order valence-corrected chi connectivity index (χ2v) is 4.85. The summed E-state index contributed by atoms with van der Waals surface area (Å²) >= 11 is 0. The SMILES string of the molecule is COC(=O)N1CC[C@H](C(=O)Nc2ccc(F)c(C)c2)C1. The predicted octanol–water partition coefficient (Wildman–Crippen LogP) is 2.16. The molecule has 1 aliphatic heterocycles. The van der Waals surface area contributed by atoms with E-state index >= 15 is 0 Å². The van der Waals surface area contributed by atoms with E-state index in [0.717, 1.165) is 0 Å². The Bertz CT molecular complexity index is 533. The molecule has 0 bridgehead atoms. The number of hydrogen-bond donors (Lipinski definition) is 1. The minimum absolute atomic E-state index is 0.164. The first-order valence-corrected chi connectivity index (χ1v) is 6.41. The van der Waals surface area contributed by atoms with E-state index in [9.17, 15) is 14.0 Å². The monoisotopic (exact) mass is 280 g/mol. The summed E-state index contributed by atoms with van der Waals surface area (Å²) in [5.41, 5.74) is 1.04. The van der Waals surface area contributed by atoms with E-state index < -0.39 is 6.09 Å². The standard InChI is InChI=1S/C14H17FN2O3/c1-9-7-11(3-4-12(9)15)16-13(18)10-5-6-17(8-10)14(19)20-2/h3-4,7,10H,5-6,8H2,1-2H3,(H,16,18)/t10-/m0/s1. The lowest BCUT2D eigenvalue weighted by molar-refractivity contribution is -0.119. The van der Waals surface area contributed by atoms with Crippen LogP contribution in [0.4, 0.5) is 14.9 Å². The molecule has 2 rings (SSSR count). The third-order valence-corrected chi connectivity index (χ3v) is 3.42. The summed E-state index contributed by atoms with van der Waals surface area (Å²) < 4.78 is 17.8. The van der Waals surface area contributed by atoms with Crippen molar-refractivity contribution in [3.8, 4) is 0 Å². The lowest BCUT2D eigenvalue weighted by Crippen LogP contribution is -2.31. The highest BCUT2D eigenvalue weighted by molar-refractivity contribution is 5.93. The molecule has 1 atom stereocenters. The van der Waals surface area contributed by atoms with Gasteiger partial charge >= 0.3 is 6.09 Å². The molecule has 20 heavy (non-hydrogen) atoms. The van der Waals surface area contributed by atoms with Gasteiger partial charge in [0, 0.05) is 18.8 Å². The third kappa shape index (κ3) is 3.07. The molecule has 0 radical (unpaired) electrons. The Balaban J connectivity index is 1.96.